The molecule has 0 bridgehead atoms. The first-order valence-corrected chi connectivity index (χ1v) is 6.75. The molecule has 0 aliphatic heterocycles. The first kappa shape index (κ1) is 14.1. The lowest BCUT2D eigenvalue weighted by molar-refractivity contribution is -0.137. The Labute approximate surface area is 118 Å². The van der Waals surface area contributed by atoms with Crippen LogP contribution in [0.5, 0.6) is 0 Å². The Kier molecular flexibility index (Phi) is 4.72. The molecule has 20 heavy (non-hydrogen) atoms. The monoisotopic (exact) mass is 292 g/mol. The van der Waals surface area contributed by atoms with Gasteiger partial charge in [0.05, 0.1) is 11.3 Å². The largest absolute Gasteiger partial charge is 0.481 e. The van der Waals surface area contributed by atoms with Crippen LogP contribution in [0.4, 0.5) is 5.13 Å². The van der Waals surface area contributed by atoms with E-state index in [0.717, 1.165) is 5.69 Å². The minimum absolute atomic E-state index is 0.112. The minimum Gasteiger partial charge on any atom is -0.481 e. The molecule has 2 N–H and O–H groups in total. The quantitative estimate of drug-likeness (QED) is 0.837. The van der Waals surface area contributed by atoms with Gasteiger partial charge in [-0.3, -0.25) is 14.9 Å². The average molecular weight is 292 g/mol. The molecule has 0 atom stereocenters. The van der Waals surface area contributed by atoms with Gasteiger partial charge in [-0.2, -0.15) is 0 Å². The van der Waals surface area contributed by atoms with Crippen molar-refractivity contribution in [2.45, 2.75) is 19.3 Å². The molecule has 0 saturated heterocycles. The van der Waals surface area contributed by atoms with E-state index in [-0.39, 0.29) is 12.3 Å². The van der Waals surface area contributed by atoms with Crippen molar-refractivity contribution in [2.24, 2.45) is 0 Å². The van der Waals surface area contributed by atoms with Gasteiger partial charge < -0.3 is 5.11 Å². The summed E-state index contributed by atoms with van der Waals surface area (Å²) >= 11 is 1.30. The zero-order valence-corrected chi connectivity index (χ0v) is 11.3. The number of anilines is 1. The van der Waals surface area contributed by atoms with Crippen molar-refractivity contribution in [2.75, 3.05) is 5.32 Å². The first-order valence-electron chi connectivity index (χ1n) is 5.87. The van der Waals surface area contributed by atoms with Crippen LogP contribution in [0.15, 0.2) is 24.1 Å². The van der Waals surface area contributed by atoms with Gasteiger partial charge in [-0.1, -0.05) is 0 Å². The molecule has 0 aliphatic rings. The minimum atomic E-state index is -0.821. The number of carbonyl (C=O) groups excluding carboxylic acids is 1. The topological polar surface area (TPSA) is 105 Å². The maximum absolute atomic E-state index is 11.8. The molecule has 0 spiro atoms. The van der Waals surface area contributed by atoms with Crippen LogP contribution in [0, 0.1) is 0 Å². The Morgan fingerprint density at radius 3 is 2.75 bits per heavy atom. The fraction of sp³-hybridized carbons (Fsp3) is 0.250. The molecule has 2 aromatic rings. The molecule has 0 fully saturated rings. The summed E-state index contributed by atoms with van der Waals surface area (Å²) < 4.78 is 0. The molecule has 0 radical (unpaired) electrons. The van der Waals surface area contributed by atoms with Crippen molar-refractivity contribution in [1.82, 2.24) is 15.0 Å². The third-order valence-electron chi connectivity index (χ3n) is 2.42. The number of rotatable bonds is 6. The molecule has 0 saturated carbocycles. The van der Waals surface area contributed by atoms with Crippen LogP contribution < -0.4 is 5.32 Å². The predicted molar refractivity (Wildman–Crippen MR) is 72.7 cm³/mol. The number of aromatic nitrogens is 3. The van der Waals surface area contributed by atoms with Gasteiger partial charge in [0.2, 0.25) is 0 Å². The van der Waals surface area contributed by atoms with E-state index in [1.54, 1.807) is 5.38 Å². The average Bonchev–Trinajstić information content (AvgIpc) is 2.87. The molecule has 2 aromatic heterocycles. The second-order valence-corrected chi connectivity index (χ2v) is 4.83. The molecule has 2 rings (SSSR count). The fourth-order valence-corrected chi connectivity index (χ4v) is 2.23. The Morgan fingerprint density at radius 1 is 1.30 bits per heavy atom. The zero-order chi connectivity index (χ0) is 14.4. The van der Waals surface area contributed by atoms with Crippen LogP contribution in [0.1, 0.15) is 28.9 Å². The van der Waals surface area contributed by atoms with Crippen molar-refractivity contribution >= 4 is 28.3 Å². The van der Waals surface area contributed by atoms with Crippen LogP contribution in [-0.2, 0) is 11.2 Å². The summed E-state index contributed by atoms with van der Waals surface area (Å²) in [4.78, 5) is 34.0. The van der Waals surface area contributed by atoms with Crippen molar-refractivity contribution in [3.8, 4) is 0 Å². The van der Waals surface area contributed by atoms with E-state index in [1.807, 2.05) is 0 Å². The number of thiazole rings is 1. The lowest BCUT2D eigenvalue weighted by Gasteiger charge is -1.99. The highest BCUT2D eigenvalue weighted by Gasteiger charge is 2.09. The summed E-state index contributed by atoms with van der Waals surface area (Å²) in [6, 6.07) is 0. The summed E-state index contributed by atoms with van der Waals surface area (Å²) in [5, 5.41) is 13.5. The second kappa shape index (κ2) is 6.71. The van der Waals surface area contributed by atoms with Crippen LogP contribution in [0.3, 0.4) is 0 Å². The molecule has 104 valence electrons. The number of aryl methyl sites for hydroxylation is 1. The van der Waals surface area contributed by atoms with E-state index >= 15 is 0 Å². The molecular weight excluding hydrogens is 280 g/mol. The van der Waals surface area contributed by atoms with Gasteiger partial charge in [0.25, 0.3) is 5.91 Å². The van der Waals surface area contributed by atoms with Crippen LogP contribution in [0.2, 0.25) is 0 Å². The number of nitrogens with zero attached hydrogens (tertiary/aromatic N) is 3. The van der Waals surface area contributed by atoms with Gasteiger partial charge in [-0.15, -0.1) is 11.3 Å². The van der Waals surface area contributed by atoms with E-state index in [0.29, 0.717) is 23.5 Å². The SMILES string of the molecule is O=C(O)CCCc1csc(NC(=O)c2cncnc2)n1. The number of carboxylic acid groups (broad SMARTS) is 1. The molecule has 0 aliphatic carbocycles. The molecule has 7 nitrogen and oxygen atoms in total. The van der Waals surface area contributed by atoms with Crippen molar-refractivity contribution in [3.05, 3.63) is 35.4 Å². The van der Waals surface area contributed by atoms with Gasteiger partial charge in [0.1, 0.15) is 6.33 Å². The Balaban J connectivity index is 1.89. The lowest BCUT2D eigenvalue weighted by atomic mass is 10.2. The number of nitrogens with one attached hydrogen (secondary N) is 1. The van der Waals surface area contributed by atoms with Crippen molar-refractivity contribution in [3.63, 3.8) is 0 Å². The van der Waals surface area contributed by atoms with Crippen molar-refractivity contribution < 1.29 is 14.7 Å². The highest BCUT2D eigenvalue weighted by Crippen LogP contribution is 2.17. The summed E-state index contributed by atoms with van der Waals surface area (Å²) in [5.74, 6) is -1.14. The molecule has 0 unspecified atom stereocenters. The molecule has 1 amide bonds. The van der Waals surface area contributed by atoms with E-state index in [9.17, 15) is 9.59 Å². The van der Waals surface area contributed by atoms with E-state index < -0.39 is 5.97 Å². The molecular formula is C12H12N4O3S. The number of aliphatic carboxylic acids is 1. The second-order valence-electron chi connectivity index (χ2n) is 3.97. The van der Waals surface area contributed by atoms with Gasteiger partial charge in [-0.25, -0.2) is 15.0 Å². The summed E-state index contributed by atoms with van der Waals surface area (Å²) in [5.41, 5.74) is 1.13. The number of amides is 1. The van der Waals surface area contributed by atoms with Crippen molar-refractivity contribution in [1.29, 1.82) is 0 Å². The first-order chi connectivity index (χ1) is 9.65. The summed E-state index contributed by atoms with van der Waals surface area (Å²) in [7, 11) is 0. The van der Waals surface area contributed by atoms with Crippen LogP contribution in [0.25, 0.3) is 0 Å². The highest BCUT2D eigenvalue weighted by atomic mass is 32.1. The number of carboxylic acids is 1. The normalized spacial score (nSPS) is 10.2. The molecule has 0 aromatic carbocycles. The Bertz CT molecular complexity index is 600. The zero-order valence-electron chi connectivity index (χ0n) is 10.4. The maximum atomic E-state index is 11.8. The molecule has 2 heterocycles. The Morgan fingerprint density at radius 2 is 2.05 bits per heavy atom. The highest BCUT2D eigenvalue weighted by molar-refractivity contribution is 7.13. The van der Waals surface area contributed by atoms with Crippen LogP contribution in [-0.4, -0.2) is 31.9 Å². The van der Waals surface area contributed by atoms with E-state index in [2.05, 4.69) is 20.3 Å². The Hall–Kier alpha value is -2.35. The van der Waals surface area contributed by atoms with E-state index in [1.165, 1.54) is 30.1 Å². The third-order valence-corrected chi connectivity index (χ3v) is 3.23. The van der Waals surface area contributed by atoms with Gasteiger partial charge in [0.15, 0.2) is 5.13 Å². The number of carbonyl (C=O) groups is 2. The van der Waals surface area contributed by atoms with E-state index in [4.69, 9.17) is 5.11 Å². The van der Waals surface area contributed by atoms with Gasteiger partial charge >= 0.3 is 5.97 Å². The standard InChI is InChI=1S/C12H12N4O3S/c17-10(18)3-1-2-9-6-20-12(15-9)16-11(19)8-4-13-7-14-5-8/h4-7H,1-3H2,(H,17,18)(H,15,16,19). The third kappa shape index (κ3) is 4.09. The predicted octanol–water partition coefficient (Wildman–Crippen LogP) is 1.59. The van der Waals surface area contributed by atoms with Gasteiger partial charge in [-0.05, 0) is 12.8 Å². The number of hydrogen-bond donors (Lipinski definition) is 2. The van der Waals surface area contributed by atoms with Crippen LogP contribution >= 0.6 is 11.3 Å². The lowest BCUT2D eigenvalue weighted by Crippen LogP contribution is -2.12. The van der Waals surface area contributed by atoms with Gasteiger partial charge in [0, 0.05) is 24.2 Å². The summed E-state index contributed by atoms with van der Waals surface area (Å²) in [6.07, 6.45) is 5.40. The smallest absolute Gasteiger partial charge is 0.303 e. The number of hydrogen-bond acceptors (Lipinski definition) is 6. The fourth-order valence-electron chi connectivity index (χ4n) is 1.49. The maximum Gasteiger partial charge on any atom is 0.303 e. The summed E-state index contributed by atoms with van der Waals surface area (Å²) in [6.45, 7) is 0. The molecule has 8 heteroatoms.